The average molecular weight is 187 g/mol. The lowest BCUT2D eigenvalue weighted by Crippen LogP contribution is -2.23. The predicted octanol–water partition coefficient (Wildman–Crippen LogP) is 2.29. The molecule has 0 aromatic carbocycles. The van der Waals surface area contributed by atoms with Crippen molar-refractivity contribution in [3.63, 3.8) is 0 Å². The molecule has 1 atom stereocenters. The molecule has 0 saturated heterocycles. The summed E-state index contributed by atoms with van der Waals surface area (Å²) < 4.78 is 5.32. The fourth-order valence-electron chi connectivity index (χ4n) is 1.53. The SMILES string of the molecule is CCOCCCC(CNC)C(C)C. The van der Waals surface area contributed by atoms with Crippen LogP contribution in [0.3, 0.4) is 0 Å². The van der Waals surface area contributed by atoms with Gasteiger partial charge in [0.1, 0.15) is 0 Å². The van der Waals surface area contributed by atoms with E-state index in [4.69, 9.17) is 4.74 Å². The standard InChI is InChI=1S/C11H25NO/c1-5-13-8-6-7-11(9-12-4)10(2)3/h10-12H,5-9H2,1-4H3. The fourth-order valence-corrected chi connectivity index (χ4v) is 1.53. The van der Waals surface area contributed by atoms with Crippen LogP contribution in [0, 0.1) is 11.8 Å². The highest BCUT2D eigenvalue weighted by atomic mass is 16.5. The van der Waals surface area contributed by atoms with E-state index in [9.17, 15) is 0 Å². The predicted molar refractivity (Wildman–Crippen MR) is 58.0 cm³/mol. The Hall–Kier alpha value is -0.0800. The maximum Gasteiger partial charge on any atom is 0.0466 e. The van der Waals surface area contributed by atoms with Crippen LogP contribution in [-0.4, -0.2) is 26.8 Å². The minimum absolute atomic E-state index is 0.772. The highest BCUT2D eigenvalue weighted by Crippen LogP contribution is 2.15. The van der Waals surface area contributed by atoms with Crippen LogP contribution in [0.1, 0.15) is 33.6 Å². The van der Waals surface area contributed by atoms with Crippen molar-refractivity contribution >= 4 is 0 Å². The van der Waals surface area contributed by atoms with Gasteiger partial charge in [-0.2, -0.15) is 0 Å². The van der Waals surface area contributed by atoms with E-state index >= 15 is 0 Å². The molecule has 13 heavy (non-hydrogen) atoms. The summed E-state index contributed by atoms with van der Waals surface area (Å²) in [7, 11) is 2.03. The van der Waals surface area contributed by atoms with Crippen molar-refractivity contribution in [1.82, 2.24) is 5.32 Å². The number of hydrogen-bond donors (Lipinski definition) is 1. The first-order valence-electron chi connectivity index (χ1n) is 5.44. The van der Waals surface area contributed by atoms with Crippen molar-refractivity contribution in [2.24, 2.45) is 11.8 Å². The van der Waals surface area contributed by atoms with Gasteiger partial charge in [0, 0.05) is 13.2 Å². The van der Waals surface area contributed by atoms with E-state index in [1.54, 1.807) is 0 Å². The van der Waals surface area contributed by atoms with E-state index < -0.39 is 0 Å². The van der Waals surface area contributed by atoms with Gasteiger partial charge in [0.05, 0.1) is 0 Å². The van der Waals surface area contributed by atoms with E-state index in [0.29, 0.717) is 0 Å². The van der Waals surface area contributed by atoms with Gasteiger partial charge in [-0.25, -0.2) is 0 Å². The Morgan fingerprint density at radius 3 is 2.46 bits per heavy atom. The minimum atomic E-state index is 0.772. The lowest BCUT2D eigenvalue weighted by Gasteiger charge is -2.20. The summed E-state index contributed by atoms with van der Waals surface area (Å²) in [6, 6.07) is 0. The molecule has 0 rings (SSSR count). The maximum absolute atomic E-state index is 5.32. The monoisotopic (exact) mass is 187 g/mol. The van der Waals surface area contributed by atoms with Crippen LogP contribution in [0.15, 0.2) is 0 Å². The van der Waals surface area contributed by atoms with Gasteiger partial charge in [0.25, 0.3) is 0 Å². The van der Waals surface area contributed by atoms with Crippen molar-refractivity contribution in [2.45, 2.75) is 33.6 Å². The summed E-state index contributed by atoms with van der Waals surface area (Å²) >= 11 is 0. The molecule has 0 aromatic heterocycles. The fraction of sp³-hybridized carbons (Fsp3) is 1.00. The van der Waals surface area contributed by atoms with Gasteiger partial charge in [-0.15, -0.1) is 0 Å². The number of hydrogen-bond acceptors (Lipinski definition) is 2. The molecule has 0 saturated carbocycles. The van der Waals surface area contributed by atoms with E-state index in [-0.39, 0.29) is 0 Å². The molecular weight excluding hydrogens is 162 g/mol. The second-order valence-corrected chi connectivity index (χ2v) is 3.90. The Morgan fingerprint density at radius 1 is 1.31 bits per heavy atom. The Kier molecular flexibility index (Phi) is 8.46. The molecule has 0 fully saturated rings. The second-order valence-electron chi connectivity index (χ2n) is 3.90. The van der Waals surface area contributed by atoms with Crippen molar-refractivity contribution in [3.05, 3.63) is 0 Å². The highest BCUT2D eigenvalue weighted by molar-refractivity contribution is 4.64. The summed E-state index contributed by atoms with van der Waals surface area (Å²) in [5, 5.41) is 3.25. The summed E-state index contributed by atoms with van der Waals surface area (Å²) in [4.78, 5) is 0. The van der Waals surface area contributed by atoms with Crippen LogP contribution in [0.25, 0.3) is 0 Å². The van der Waals surface area contributed by atoms with Crippen molar-refractivity contribution < 1.29 is 4.74 Å². The summed E-state index contributed by atoms with van der Waals surface area (Å²) in [5.41, 5.74) is 0. The Labute approximate surface area is 83.1 Å². The van der Waals surface area contributed by atoms with E-state index in [2.05, 4.69) is 19.2 Å². The molecule has 0 aliphatic rings. The number of rotatable bonds is 8. The topological polar surface area (TPSA) is 21.3 Å². The molecule has 0 bridgehead atoms. The van der Waals surface area contributed by atoms with Gasteiger partial charge in [-0.05, 0) is 45.2 Å². The van der Waals surface area contributed by atoms with Gasteiger partial charge in [-0.3, -0.25) is 0 Å². The molecule has 1 unspecified atom stereocenters. The first kappa shape index (κ1) is 12.9. The van der Waals surface area contributed by atoms with E-state index in [0.717, 1.165) is 31.6 Å². The third kappa shape index (κ3) is 7.03. The highest BCUT2D eigenvalue weighted by Gasteiger charge is 2.11. The smallest absolute Gasteiger partial charge is 0.0466 e. The van der Waals surface area contributed by atoms with Crippen LogP contribution in [0.4, 0.5) is 0 Å². The van der Waals surface area contributed by atoms with Crippen LogP contribution in [-0.2, 0) is 4.74 Å². The molecule has 80 valence electrons. The third-order valence-electron chi connectivity index (χ3n) is 2.48. The average Bonchev–Trinajstić information content (AvgIpc) is 2.10. The summed E-state index contributed by atoms with van der Waals surface area (Å²) in [6.45, 7) is 9.53. The molecule has 0 heterocycles. The first-order chi connectivity index (χ1) is 6.22. The van der Waals surface area contributed by atoms with Crippen LogP contribution in [0.5, 0.6) is 0 Å². The first-order valence-corrected chi connectivity index (χ1v) is 5.44. The normalized spacial score (nSPS) is 13.6. The van der Waals surface area contributed by atoms with E-state index in [1.165, 1.54) is 12.8 Å². The molecule has 0 aromatic rings. The minimum Gasteiger partial charge on any atom is -0.382 e. The van der Waals surface area contributed by atoms with Gasteiger partial charge < -0.3 is 10.1 Å². The zero-order chi connectivity index (χ0) is 10.1. The van der Waals surface area contributed by atoms with Crippen LogP contribution >= 0.6 is 0 Å². The molecule has 1 N–H and O–H groups in total. The second kappa shape index (κ2) is 8.52. The zero-order valence-corrected chi connectivity index (χ0v) is 9.60. The van der Waals surface area contributed by atoms with Crippen molar-refractivity contribution in [1.29, 1.82) is 0 Å². The summed E-state index contributed by atoms with van der Waals surface area (Å²) in [5.74, 6) is 1.57. The molecule has 0 aliphatic carbocycles. The molecule has 2 heteroatoms. The third-order valence-corrected chi connectivity index (χ3v) is 2.48. The van der Waals surface area contributed by atoms with Crippen molar-refractivity contribution in [3.8, 4) is 0 Å². The summed E-state index contributed by atoms with van der Waals surface area (Å²) in [6.07, 6.45) is 2.47. The van der Waals surface area contributed by atoms with Gasteiger partial charge in [-0.1, -0.05) is 13.8 Å². The molecular formula is C11H25NO. The number of nitrogens with one attached hydrogen (secondary N) is 1. The Morgan fingerprint density at radius 2 is 2.00 bits per heavy atom. The zero-order valence-electron chi connectivity index (χ0n) is 9.60. The Balaban J connectivity index is 3.45. The Bertz CT molecular complexity index is 104. The molecule has 0 spiro atoms. The maximum atomic E-state index is 5.32. The van der Waals surface area contributed by atoms with Crippen molar-refractivity contribution in [2.75, 3.05) is 26.8 Å². The van der Waals surface area contributed by atoms with E-state index in [1.807, 2.05) is 14.0 Å². The van der Waals surface area contributed by atoms with Gasteiger partial charge >= 0.3 is 0 Å². The van der Waals surface area contributed by atoms with Crippen LogP contribution in [0.2, 0.25) is 0 Å². The largest absolute Gasteiger partial charge is 0.382 e. The van der Waals surface area contributed by atoms with Crippen LogP contribution < -0.4 is 5.32 Å². The quantitative estimate of drug-likeness (QED) is 0.589. The van der Waals surface area contributed by atoms with Gasteiger partial charge in [0.2, 0.25) is 0 Å². The number of ether oxygens (including phenoxy) is 1. The van der Waals surface area contributed by atoms with Gasteiger partial charge in [0.15, 0.2) is 0 Å². The lowest BCUT2D eigenvalue weighted by atomic mass is 9.91. The molecule has 2 nitrogen and oxygen atoms in total. The lowest BCUT2D eigenvalue weighted by molar-refractivity contribution is 0.136. The molecule has 0 radical (unpaired) electrons. The molecule has 0 amide bonds. The molecule has 0 aliphatic heterocycles.